The van der Waals surface area contributed by atoms with E-state index < -0.39 is 0 Å². The Hall–Kier alpha value is -1.50. The summed E-state index contributed by atoms with van der Waals surface area (Å²) in [5.74, 6) is 1.89. The Bertz CT molecular complexity index is 291. The maximum Gasteiger partial charge on any atom is 0.303 e. The number of carbonyl (C=O) groups is 2. The van der Waals surface area contributed by atoms with Crippen molar-refractivity contribution >= 4 is 11.9 Å². The first-order chi connectivity index (χ1) is 8.56. The summed E-state index contributed by atoms with van der Waals surface area (Å²) in [4.78, 5) is 21.6. The summed E-state index contributed by atoms with van der Waals surface area (Å²) in [6.07, 6.45) is 10.4. The molecule has 0 aromatic heterocycles. The fourth-order valence-corrected chi connectivity index (χ4v) is 1.57. The van der Waals surface area contributed by atoms with E-state index >= 15 is 0 Å². The molecule has 0 aromatic rings. The molecule has 0 radical (unpaired) electrons. The van der Waals surface area contributed by atoms with Crippen LogP contribution in [0.15, 0.2) is 0 Å². The summed E-state index contributed by atoms with van der Waals surface area (Å²) in [6.45, 7) is 2.83. The highest BCUT2D eigenvalue weighted by Gasteiger charge is 2.13. The van der Waals surface area contributed by atoms with Crippen molar-refractivity contribution in [3.05, 3.63) is 0 Å². The molecule has 4 heteroatoms. The van der Waals surface area contributed by atoms with Crippen LogP contribution in [0.4, 0.5) is 0 Å². The monoisotopic (exact) mass is 254 g/mol. The van der Waals surface area contributed by atoms with Gasteiger partial charge < -0.3 is 9.47 Å². The van der Waals surface area contributed by atoms with Gasteiger partial charge in [-0.2, -0.15) is 0 Å². The standard InChI is InChI=1S/C14H22O4/c1-4-5-6-7-8-9-10-14(18-13(3)16)11-17-12(2)15/h1,14H,5-11H2,2-3H3. The highest BCUT2D eigenvalue weighted by atomic mass is 16.6. The molecule has 0 bridgehead atoms. The Balaban J connectivity index is 3.75. The number of ether oxygens (including phenoxy) is 2. The predicted octanol–water partition coefficient (Wildman–Crippen LogP) is 2.46. The van der Waals surface area contributed by atoms with E-state index in [0.717, 1.165) is 32.1 Å². The van der Waals surface area contributed by atoms with Crippen LogP contribution in [0.3, 0.4) is 0 Å². The molecule has 0 aliphatic rings. The van der Waals surface area contributed by atoms with E-state index in [9.17, 15) is 9.59 Å². The van der Waals surface area contributed by atoms with Crippen LogP contribution in [-0.4, -0.2) is 24.6 Å². The average molecular weight is 254 g/mol. The van der Waals surface area contributed by atoms with Gasteiger partial charge in [0.15, 0.2) is 0 Å². The Morgan fingerprint density at radius 1 is 1.11 bits per heavy atom. The van der Waals surface area contributed by atoms with Gasteiger partial charge >= 0.3 is 11.9 Å². The minimum Gasteiger partial charge on any atom is -0.462 e. The van der Waals surface area contributed by atoms with Crippen molar-refractivity contribution in [3.8, 4) is 12.3 Å². The molecule has 4 nitrogen and oxygen atoms in total. The second-order valence-corrected chi connectivity index (χ2v) is 4.19. The number of unbranched alkanes of at least 4 members (excludes halogenated alkanes) is 4. The minimum atomic E-state index is -0.360. The lowest BCUT2D eigenvalue weighted by Gasteiger charge is -2.16. The van der Waals surface area contributed by atoms with Crippen LogP contribution < -0.4 is 0 Å². The fraction of sp³-hybridized carbons (Fsp3) is 0.714. The van der Waals surface area contributed by atoms with Gasteiger partial charge in [-0.15, -0.1) is 12.3 Å². The molecule has 0 N–H and O–H groups in total. The van der Waals surface area contributed by atoms with Crippen LogP contribution in [0, 0.1) is 12.3 Å². The van der Waals surface area contributed by atoms with E-state index in [1.165, 1.54) is 13.8 Å². The summed E-state index contributed by atoms with van der Waals surface area (Å²) in [7, 11) is 0. The van der Waals surface area contributed by atoms with Crippen molar-refractivity contribution in [2.75, 3.05) is 6.61 Å². The Morgan fingerprint density at radius 2 is 1.78 bits per heavy atom. The van der Waals surface area contributed by atoms with Crippen LogP contribution in [0.1, 0.15) is 52.4 Å². The Morgan fingerprint density at radius 3 is 2.33 bits per heavy atom. The fourth-order valence-electron chi connectivity index (χ4n) is 1.57. The Kier molecular flexibility index (Phi) is 9.75. The van der Waals surface area contributed by atoms with Crippen molar-refractivity contribution in [2.24, 2.45) is 0 Å². The quantitative estimate of drug-likeness (QED) is 0.360. The van der Waals surface area contributed by atoms with E-state index in [4.69, 9.17) is 15.9 Å². The molecule has 0 aliphatic carbocycles. The SMILES string of the molecule is C#CCCCCCCC(COC(C)=O)OC(C)=O. The van der Waals surface area contributed by atoms with Crippen molar-refractivity contribution in [3.63, 3.8) is 0 Å². The zero-order chi connectivity index (χ0) is 13.8. The summed E-state index contributed by atoms with van der Waals surface area (Å²) in [5.41, 5.74) is 0. The number of carbonyl (C=O) groups excluding carboxylic acids is 2. The number of hydrogen-bond acceptors (Lipinski definition) is 4. The van der Waals surface area contributed by atoms with Gasteiger partial charge in [-0.1, -0.05) is 12.8 Å². The normalized spacial score (nSPS) is 11.4. The molecule has 102 valence electrons. The third-order valence-electron chi connectivity index (χ3n) is 2.40. The maximum absolute atomic E-state index is 10.9. The van der Waals surface area contributed by atoms with Crippen molar-refractivity contribution < 1.29 is 19.1 Å². The smallest absolute Gasteiger partial charge is 0.303 e. The van der Waals surface area contributed by atoms with E-state index in [1.54, 1.807) is 0 Å². The van der Waals surface area contributed by atoms with Gasteiger partial charge in [-0.05, 0) is 19.3 Å². The third kappa shape index (κ3) is 11.0. The summed E-state index contributed by atoms with van der Waals surface area (Å²) < 4.78 is 9.94. The third-order valence-corrected chi connectivity index (χ3v) is 2.40. The lowest BCUT2D eigenvalue weighted by molar-refractivity contribution is -0.156. The van der Waals surface area contributed by atoms with Crippen molar-refractivity contribution in [1.82, 2.24) is 0 Å². The first kappa shape index (κ1) is 16.5. The van der Waals surface area contributed by atoms with Crippen LogP contribution in [0.5, 0.6) is 0 Å². The van der Waals surface area contributed by atoms with Crippen LogP contribution in [0.25, 0.3) is 0 Å². The van der Waals surface area contributed by atoms with Crippen LogP contribution in [0.2, 0.25) is 0 Å². The van der Waals surface area contributed by atoms with Crippen LogP contribution in [-0.2, 0) is 19.1 Å². The second kappa shape index (κ2) is 10.6. The largest absolute Gasteiger partial charge is 0.462 e. The first-order valence-corrected chi connectivity index (χ1v) is 6.30. The van der Waals surface area contributed by atoms with Gasteiger partial charge in [0.05, 0.1) is 0 Å². The number of hydrogen-bond donors (Lipinski definition) is 0. The topological polar surface area (TPSA) is 52.6 Å². The lowest BCUT2D eigenvalue weighted by atomic mass is 10.1. The predicted molar refractivity (Wildman–Crippen MR) is 68.7 cm³/mol. The van der Waals surface area contributed by atoms with Gasteiger partial charge in [0.2, 0.25) is 0 Å². The Labute approximate surface area is 109 Å². The molecule has 1 atom stereocenters. The van der Waals surface area contributed by atoms with Gasteiger partial charge in [0.1, 0.15) is 12.7 Å². The average Bonchev–Trinajstić information content (AvgIpc) is 2.29. The maximum atomic E-state index is 10.9. The van der Waals surface area contributed by atoms with Gasteiger partial charge in [0, 0.05) is 20.3 Å². The van der Waals surface area contributed by atoms with E-state index in [2.05, 4.69) is 5.92 Å². The van der Waals surface area contributed by atoms with Crippen molar-refractivity contribution in [2.45, 2.75) is 58.5 Å². The molecule has 0 aliphatic heterocycles. The van der Waals surface area contributed by atoms with Gasteiger partial charge in [0.25, 0.3) is 0 Å². The number of terminal acetylenes is 1. The summed E-state index contributed by atoms with van der Waals surface area (Å²) >= 11 is 0. The summed E-state index contributed by atoms with van der Waals surface area (Å²) in [6, 6.07) is 0. The molecule has 0 rings (SSSR count). The lowest BCUT2D eigenvalue weighted by Crippen LogP contribution is -2.23. The summed E-state index contributed by atoms with van der Waals surface area (Å²) in [5, 5.41) is 0. The highest BCUT2D eigenvalue weighted by Crippen LogP contribution is 2.10. The van der Waals surface area contributed by atoms with Crippen LogP contribution >= 0.6 is 0 Å². The molecule has 0 heterocycles. The molecule has 18 heavy (non-hydrogen) atoms. The molecule has 0 fully saturated rings. The number of esters is 2. The molecule has 0 saturated carbocycles. The molecule has 1 unspecified atom stereocenters. The number of rotatable bonds is 9. The molecule has 0 spiro atoms. The molecular formula is C14H22O4. The van der Waals surface area contributed by atoms with Crippen molar-refractivity contribution in [1.29, 1.82) is 0 Å². The van der Waals surface area contributed by atoms with E-state index in [0.29, 0.717) is 6.42 Å². The minimum absolute atomic E-state index is 0.138. The zero-order valence-corrected chi connectivity index (χ0v) is 11.2. The highest BCUT2D eigenvalue weighted by molar-refractivity contribution is 5.67. The molecular weight excluding hydrogens is 232 g/mol. The van der Waals surface area contributed by atoms with Gasteiger partial charge in [-0.3, -0.25) is 9.59 Å². The van der Waals surface area contributed by atoms with E-state index in [-0.39, 0.29) is 24.6 Å². The molecule has 0 saturated heterocycles. The van der Waals surface area contributed by atoms with Gasteiger partial charge in [-0.25, -0.2) is 0 Å². The second-order valence-electron chi connectivity index (χ2n) is 4.19. The first-order valence-electron chi connectivity index (χ1n) is 6.30. The molecule has 0 amide bonds. The molecule has 0 aromatic carbocycles. The zero-order valence-electron chi connectivity index (χ0n) is 11.2. The van der Waals surface area contributed by atoms with E-state index in [1.807, 2.05) is 0 Å².